The van der Waals surface area contributed by atoms with Crippen LogP contribution in [0.2, 0.25) is 0 Å². The number of benzene rings is 2. The molecule has 1 saturated heterocycles. The summed E-state index contributed by atoms with van der Waals surface area (Å²) in [5.41, 5.74) is 3.80. The van der Waals surface area contributed by atoms with Crippen LogP contribution in [0.15, 0.2) is 48.5 Å². The molecule has 1 aliphatic heterocycles. The molecule has 0 radical (unpaired) electrons. The number of anilines is 1. The third-order valence-electron chi connectivity index (χ3n) is 4.64. The van der Waals surface area contributed by atoms with Crippen LogP contribution in [0.3, 0.4) is 0 Å². The zero-order valence-corrected chi connectivity index (χ0v) is 15.4. The van der Waals surface area contributed by atoms with Crippen molar-refractivity contribution in [1.82, 2.24) is 10.2 Å². The van der Waals surface area contributed by atoms with E-state index in [1.165, 1.54) is 0 Å². The molecule has 1 heterocycles. The first-order valence-electron chi connectivity index (χ1n) is 8.94. The van der Waals surface area contributed by atoms with E-state index in [-0.39, 0.29) is 11.8 Å². The Morgan fingerprint density at radius 3 is 2.54 bits per heavy atom. The topological polar surface area (TPSA) is 52.7 Å². The van der Waals surface area contributed by atoms with Crippen LogP contribution in [0.4, 0.5) is 5.69 Å². The minimum Gasteiger partial charge on any atom is -0.378 e. The van der Waals surface area contributed by atoms with Gasteiger partial charge in [-0.15, -0.1) is 0 Å². The molecule has 3 rings (SSSR count). The summed E-state index contributed by atoms with van der Waals surface area (Å²) < 4.78 is 0. The largest absolute Gasteiger partial charge is 0.378 e. The van der Waals surface area contributed by atoms with Gasteiger partial charge in [0.2, 0.25) is 5.91 Å². The lowest BCUT2D eigenvalue weighted by Gasteiger charge is -2.16. The van der Waals surface area contributed by atoms with Crippen LogP contribution in [0.5, 0.6) is 0 Å². The number of hydrogen-bond acceptors (Lipinski definition) is 3. The van der Waals surface area contributed by atoms with Gasteiger partial charge in [0.25, 0.3) is 5.91 Å². The lowest BCUT2D eigenvalue weighted by molar-refractivity contribution is -0.128. The molecule has 0 saturated carbocycles. The van der Waals surface area contributed by atoms with Gasteiger partial charge in [-0.1, -0.05) is 24.3 Å². The lowest BCUT2D eigenvalue weighted by atomic mass is 10.1. The molecular formula is C21H25N3O2. The molecule has 2 aromatic carbocycles. The number of nitrogens with one attached hydrogen (secondary N) is 1. The van der Waals surface area contributed by atoms with Crippen LogP contribution in [0.1, 0.15) is 34.3 Å². The summed E-state index contributed by atoms with van der Waals surface area (Å²) in [4.78, 5) is 28.1. The SMILES string of the molecule is CN(C)c1ccc(CNC(=O)c2cccc(CN3CCCC3=O)c2)cc1. The summed E-state index contributed by atoms with van der Waals surface area (Å²) in [6, 6.07) is 15.6. The Hall–Kier alpha value is -2.82. The van der Waals surface area contributed by atoms with Gasteiger partial charge in [-0.3, -0.25) is 9.59 Å². The molecule has 0 aromatic heterocycles. The molecule has 5 heteroatoms. The monoisotopic (exact) mass is 351 g/mol. The summed E-state index contributed by atoms with van der Waals surface area (Å²) in [6.45, 7) is 1.87. The highest BCUT2D eigenvalue weighted by atomic mass is 16.2. The van der Waals surface area contributed by atoms with E-state index in [9.17, 15) is 9.59 Å². The standard InChI is InChI=1S/C21H25N3O2/c1-23(2)19-10-8-16(9-11-19)14-22-21(26)18-6-3-5-17(13-18)15-24-12-4-7-20(24)25/h3,5-6,8-11,13H,4,7,12,14-15H2,1-2H3,(H,22,26). The molecule has 1 aliphatic rings. The predicted molar refractivity (Wildman–Crippen MR) is 103 cm³/mol. The average molecular weight is 351 g/mol. The number of hydrogen-bond donors (Lipinski definition) is 1. The summed E-state index contributed by atoms with van der Waals surface area (Å²) >= 11 is 0. The van der Waals surface area contributed by atoms with Crippen molar-refractivity contribution in [2.24, 2.45) is 0 Å². The Bertz CT molecular complexity index is 784. The molecule has 2 amide bonds. The molecule has 5 nitrogen and oxygen atoms in total. The van der Waals surface area contributed by atoms with Crippen molar-refractivity contribution >= 4 is 17.5 Å². The Kier molecular flexibility index (Phi) is 5.56. The summed E-state index contributed by atoms with van der Waals surface area (Å²) in [7, 11) is 4.00. The van der Waals surface area contributed by atoms with Gasteiger partial charge >= 0.3 is 0 Å². The van der Waals surface area contributed by atoms with Crippen LogP contribution in [-0.2, 0) is 17.9 Å². The molecule has 0 spiro atoms. The summed E-state index contributed by atoms with van der Waals surface area (Å²) in [5, 5.41) is 2.96. The predicted octanol–water partition coefficient (Wildman–Crippen LogP) is 2.81. The number of carbonyl (C=O) groups is 2. The lowest BCUT2D eigenvalue weighted by Crippen LogP contribution is -2.25. The maximum atomic E-state index is 12.4. The number of nitrogens with zero attached hydrogens (tertiary/aromatic N) is 2. The molecule has 0 atom stereocenters. The van der Waals surface area contributed by atoms with E-state index in [0.717, 1.165) is 29.8 Å². The van der Waals surface area contributed by atoms with Gasteiger partial charge in [-0.2, -0.15) is 0 Å². The van der Waals surface area contributed by atoms with Crippen LogP contribution >= 0.6 is 0 Å². The second kappa shape index (κ2) is 8.04. The van der Waals surface area contributed by atoms with Gasteiger partial charge < -0.3 is 15.1 Å². The van der Waals surface area contributed by atoms with E-state index >= 15 is 0 Å². The second-order valence-corrected chi connectivity index (χ2v) is 6.86. The van der Waals surface area contributed by atoms with E-state index in [1.807, 2.05) is 66.4 Å². The first-order valence-corrected chi connectivity index (χ1v) is 8.94. The molecule has 26 heavy (non-hydrogen) atoms. The fraction of sp³-hybridized carbons (Fsp3) is 0.333. The highest BCUT2D eigenvalue weighted by Crippen LogP contribution is 2.16. The number of likely N-dealkylation sites (tertiary alicyclic amines) is 1. The van der Waals surface area contributed by atoms with Gasteiger partial charge in [0.05, 0.1) is 0 Å². The highest BCUT2D eigenvalue weighted by molar-refractivity contribution is 5.94. The van der Waals surface area contributed by atoms with Crippen molar-refractivity contribution in [3.8, 4) is 0 Å². The minimum atomic E-state index is -0.101. The zero-order chi connectivity index (χ0) is 18.5. The van der Waals surface area contributed by atoms with Crippen LogP contribution in [0.25, 0.3) is 0 Å². The Morgan fingerprint density at radius 1 is 1.12 bits per heavy atom. The molecule has 2 aromatic rings. The van der Waals surface area contributed by atoms with Gasteiger partial charge in [0.15, 0.2) is 0 Å². The average Bonchev–Trinajstić information content (AvgIpc) is 3.05. The minimum absolute atomic E-state index is 0.101. The first-order chi connectivity index (χ1) is 12.5. The molecule has 0 bridgehead atoms. The van der Waals surface area contributed by atoms with Crippen molar-refractivity contribution < 1.29 is 9.59 Å². The Labute approximate surface area is 154 Å². The van der Waals surface area contributed by atoms with Crippen molar-refractivity contribution in [2.75, 3.05) is 25.5 Å². The van der Waals surface area contributed by atoms with Gasteiger partial charge in [-0.05, 0) is 41.8 Å². The van der Waals surface area contributed by atoms with Crippen molar-refractivity contribution in [1.29, 1.82) is 0 Å². The van der Waals surface area contributed by atoms with Crippen LogP contribution < -0.4 is 10.2 Å². The van der Waals surface area contributed by atoms with Gasteiger partial charge in [0, 0.05) is 51.4 Å². The quantitative estimate of drug-likeness (QED) is 0.871. The van der Waals surface area contributed by atoms with E-state index in [2.05, 4.69) is 5.32 Å². The van der Waals surface area contributed by atoms with E-state index in [4.69, 9.17) is 0 Å². The van der Waals surface area contributed by atoms with Crippen molar-refractivity contribution in [3.63, 3.8) is 0 Å². The third-order valence-corrected chi connectivity index (χ3v) is 4.64. The highest BCUT2D eigenvalue weighted by Gasteiger charge is 2.20. The van der Waals surface area contributed by atoms with E-state index in [1.54, 1.807) is 6.07 Å². The van der Waals surface area contributed by atoms with Crippen molar-refractivity contribution in [3.05, 3.63) is 65.2 Å². The fourth-order valence-electron chi connectivity index (χ4n) is 3.10. The van der Waals surface area contributed by atoms with Gasteiger partial charge in [0.1, 0.15) is 0 Å². The Balaban J connectivity index is 1.59. The van der Waals surface area contributed by atoms with Gasteiger partial charge in [-0.25, -0.2) is 0 Å². The van der Waals surface area contributed by atoms with E-state index in [0.29, 0.717) is 25.1 Å². The normalized spacial score (nSPS) is 13.8. The smallest absolute Gasteiger partial charge is 0.251 e. The Morgan fingerprint density at radius 2 is 1.88 bits per heavy atom. The molecule has 136 valence electrons. The van der Waals surface area contributed by atoms with Crippen molar-refractivity contribution in [2.45, 2.75) is 25.9 Å². The number of rotatable bonds is 6. The number of carbonyl (C=O) groups excluding carboxylic acids is 2. The third kappa shape index (κ3) is 4.42. The molecule has 1 fully saturated rings. The zero-order valence-electron chi connectivity index (χ0n) is 15.4. The summed E-state index contributed by atoms with van der Waals surface area (Å²) in [5.74, 6) is 0.0947. The molecular weight excluding hydrogens is 326 g/mol. The van der Waals surface area contributed by atoms with Crippen LogP contribution in [-0.4, -0.2) is 37.4 Å². The molecule has 0 unspecified atom stereocenters. The second-order valence-electron chi connectivity index (χ2n) is 6.86. The number of amides is 2. The molecule has 1 N–H and O–H groups in total. The maximum absolute atomic E-state index is 12.4. The molecule has 0 aliphatic carbocycles. The maximum Gasteiger partial charge on any atom is 0.251 e. The van der Waals surface area contributed by atoms with E-state index < -0.39 is 0 Å². The first kappa shape index (κ1) is 18.0. The summed E-state index contributed by atoms with van der Waals surface area (Å²) in [6.07, 6.45) is 1.55. The fourth-order valence-corrected chi connectivity index (χ4v) is 3.10. The van der Waals surface area contributed by atoms with Crippen LogP contribution in [0, 0.1) is 0 Å².